The number of sulfonamides is 1. The van der Waals surface area contributed by atoms with E-state index >= 15 is 0 Å². The van der Waals surface area contributed by atoms with Crippen LogP contribution in [0.1, 0.15) is 12.0 Å². The van der Waals surface area contributed by atoms with Crippen molar-refractivity contribution in [1.29, 1.82) is 0 Å². The van der Waals surface area contributed by atoms with E-state index in [1.807, 2.05) is 11.6 Å². The largest absolute Gasteiger partial charge is 0.453 e. The summed E-state index contributed by atoms with van der Waals surface area (Å²) in [6, 6.07) is 6.00. The lowest BCUT2D eigenvalue weighted by molar-refractivity contribution is 0.120. The van der Waals surface area contributed by atoms with Crippen LogP contribution in [0.15, 0.2) is 41.8 Å². The number of hydrogen-bond donors (Lipinski definition) is 2. The smallest absolute Gasteiger partial charge is 0.421 e. The van der Waals surface area contributed by atoms with Gasteiger partial charge in [0.25, 0.3) is 10.0 Å². The van der Waals surface area contributed by atoms with Gasteiger partial charge in [-0.05, 0) is 19.1 Å². The minimum Gasteiger partial charge on any atom is -0.453 e. The number of aryl methyl sites for hydroxylation is 1. The highest BCUT2D eigenvalue weighted by atomic mass is 32.2. The predicted octanol–water partition coefficient (Wildman–Crippen LogP) is 1.71. The summed E-state index contributed by atoms with van der Waals surface area (Å²) in [5, 5.41) is 2.41. The fraction of sp³-hybridized carbons (Fsp3) is 0.333. The highest BCUT2D eigenvalue weighted by Crippen LogP contribution is 2.10. The number of methoxy groups -OCH3 is 1. The van der Waals surface area contributed by atoms with Gasteiger partial charge in [0.15, 0.2) is 0 Å². The zero-order chi connectivity index (χ0) is 18.2. The zero-order valence-corrected chi connectivity index (χ0v) is 14.3. The molecule has 24 heavy (non-hydrogen) atoms. The molecule has 9 heteroatoms. The summed E-state index contributed by atoms with van der Waals surface area (Å²) in [4.78, 5) is 22.6. The van der Waals surface area contributed by atoms with Crippen molar-refractivity contribution in [2.75, 3.05) is 13.7 Å². The van der Waals surface area contributed by atoms with Crippen LogP contribution in [-0.4, -0.2) is 40.4 Å². The average Bonchev–Trinajstić information content (AvgIpc) is 2.53. The molecule has 0 bridgehead atoms. The first-order valence-electron chi connectivity index (χ1n) is 7.03. The number of alkyl carbamates (subject to hydrolysis) is 1. The molecule has 0 aromatic heterocycles. The number of carbonyl (C=O) groups excluding carboxylic acids is 2. The van der Waals surface area contributed by atoms with E-state index in [1.54, 1.807) is 12.1 Å². The molecule has 1 rings (SSSR count). The molecule has 1 aromatic carbocycles. The minimum absolute atomic E-state index is 0.0486. The molecular weight excluding hydrogens is 336 g/mol. The summed E-state index contributed by atoms with van der Waals surface area (Å²) >= 11 is 0. The van der Waals surface area contributed by atoms with E-state index in [-0.39, 0.29) is 17.9 Å². The van der Waals surface area contributed by atoms with Crippen molar-refractivity contribution in [3.63, 3.8) is 0 Å². The number of nitrogens with one attached hydrogen (secondary N) is 2. The van der Waals surface area contributed by atoms with Crippen LogP contribution in [0, 0.1) is 6.92 Å². The van der Waals surface area contributed by atoms with Gasteiger partial charge in [0, 0.05) is 13.0 Å². The first-order valence-corrected chi connectivity index (χ1v) is 8.51. The third-order valence-corrected chi connectivity index (χ3v) is 4.28. The van der Waals surface area contributed by atoms with Gasteiger partial charge < -0.3 is 14.8 Å². The molecule has 0 aliphatic carbocycles. The predicted molar refractivity (Wildman–Crippen MR) is 87.0 cm³/mol. The van der Waals surface area contributed by atoms with Gasteiger partial charge in [-0.15, -0.1) is 0 Å². The molecule has 0 fully saturated rings. The van der Waals surface area contributed by atoms with Crippen molar-refractivity contribution in [2.45, 2.75) is 24.3 Å². The zero-order valence-electron chi connectivity index (χ0n) is 13.4. The number of rotatable bonds is 7. The van der Waals surface area contributed by atoms with Gasteiger partial charge in [-0.3, -0.25) is 0 Å². The second-order valence-corrected chi connectivity index (χ2v) is 6.49. The Hall–Kier alpha value is -2.55. The highest BCUT2D eigenvalue weighted by Gasteiger charge is 2.20. The Morgan fingerprint density at radius 3 is 2.42 bits per heavy atom. The van der Waals surface area contributed by atoms with Gasteiger partial charge >= 0.3 is 12.2 Å². The van der Waals surface area contributed by atoms with Gasteiger partial charge in [-0.2, -0.15) is 0 Å². The third-order valence-electron chi connectivity index (χ3n) is 2.95. The molecule has 2 N–H and O–H groups in total. The molecule has 0 heterocycles. The number of benzene rings is 1. The van der Waals surface area contributed by atoms with Gasteiger partial charge in [0.05, 0.1) is 12.0 Å². The maximum Gasteiger partial charge on any atom is 0.421 e. The van der Waals surface area contributed by atoms with Crippen molar-refractivity contribution in [2.24, 2.45) is 0 Å². The van der Waals surface area contributed by atoms with Crippen LogP contribution >= 0.6 is 0 Å². The molecule has 8 nitrogen and oxygen atoms in total. The normalized spacial score (nSPS) is 11.9. The number of amides is 2. The summed E-state index contributed by atoms with van der Waals surface area (Å²) < 4.78 is 35.3. The van der Waals surface area contributed by atoms with E-state index in [4.69, 9.17) is 4.74 Å². The van der Waals surface area contributed by atoms with Crippen LogP contribution in [-0.2, 0) is 19.5 Å². The lowest BCUT2D eigenvalue weighted by Gasteiger charge is -2.15. The topological polar surface area (TPSA) is 111 Å². The summed E-state index contributed by atoms with van der Waals surface area (Å²) in [5.74, 6) is 0. The molecular formula is C15H20N2O6S. The summed E-state index contributed by atoms with van der Waals surface area (Å²) in [6.45, 7) is 5.48. The van der Waals surface area contributed by atoms with Crippen molar-refractivity contribution < 1.29 is 27.5 Å². The van der Waals surface area contributed by atoms with E-state index < -0.39 is 28.3 Å². The van der Waals surface area contributed by atoms with Gasteiger partial charge in [-0.1, -0.05) is 30.4 Å². The maximum absolute atomic E-state index is 12.1. The Bertz CT molecular complexity index is 684. The van der Waals surface area contributed by atoms with Gasteiger partial charge in [0.1, 0.15) is 6.10 Å². The van der Waals surface area contributed by atoms with Gasteiger partial charge in [0.2, 0.25) is 0 Å². The fourth-order valence-corrected chi connectivity index (χ4v) is 2.54. The molecule has 1 atom stereocenters. The third kappa shape index (κ3) is 6.29. The van der Waals surface area contributed by atoms with Crippen molar-refractivity contribution in [3.8, 4) is 0 Å². The molecule has 0 aliphatic heterocycles. The molecule has 0 spiro atoms. The molecule has 1 aromatic rings. The number of hydrogen-bond acceptors (Lipinski definition) is 6. The Kier molecular flexibility index (Phi) is 7.25. The second kappa shape index (κ2) is 8.92. The molecule has 0 radical (unpaired) electrons. The van der Waals surface area contributed by atoms with Crippen LogP contribution in [0.5, 0.6) is 0 Å². The van der Waals surface area contributed by atoms with E-state index in [0.717, 1.165) is 5.56 Å². The summed E-state index contributed by atoms with van der Waals surface area (Å²) in [5.41, 5.74) is 0.890. The van der Waals surface area contributed by atoms with Gasteiger partial charge in [-0.25, -0.2) is 22.7 Å². The van der Waals surface area contributed by atoms with Crippen LogP contribution in [0.4, 0.5) is 9.59 Å². The van der Waals surface area contributed by atoms with E-state index in [9.17, 15) is 18.0 Å². The quantitative estimate of drug-likeness (QED) is 0.720. The Morgan fingerprint density at radius 2 is 1.88 bits per heavy atom. The molecule has 0 aliphatic rings. The van der Waals surface area contributed by atoms with Crippen LogP contribution < -0.4 is 10.0 Å². The van der Waals surface area contributed by atoms with Crippen molar-refractivity contribution in [3.05, 3.63) is 42.5 Å². The molecule has 0 saturated heterocycles. The minimum atomic E-state index is -4.02. The monoisotopic (exact) mass is 356 g/mol. The molecule has 132 valence electrons. The molecule has 0 unspecified atom stereocenters. The standard InChI is InChI=1S/C15H20N2O6S/c1-4-12(9-10-16-14(18)22-3)23-15(19)17-24(20,21)13-7-5-11(2)6-8-13/h4-8,12H,1,9-10H2,2-3H3,(H,16,18)(H,17,19)/t12-/m0/s1. The molecule has 2 amide bonds. The lowest BCUT2D eigenvalue weighted by atomic mass is 10.2. The number of carbonyl (C=O) groups is 2. The first-order chi connectivity index (χ1) is 11.3. The SMILES string of the molecule is C=C[C@@H](CCNC(=O)OC)OC(=O)NS(=O)(=O)c1ccc(C)cc1. The van der Waals surface area contributed by atoms with E-state index in [2.05, 4.69) is 16.6 Å². The first kappa shape index (κ1) is 19.5. The second-order valence-electron chi connectivity index (χ2n) is 4.81. The Labute approximate surface area is 140 Å². The van der Waals surface area contributed by atoms with Crippen LogP contribution in [0.2, 0.25) is 0 Å². The lowest BCUT2D eigenvalue weighted by Crippen LogP contribution is -2.35. The number of ether oxygens (including phenoxy) is 2. The maximum atomic E-state index is 12.1. The summed E-state index contributed by atoms with van der Waals surface area (Å²) in [6.07, 6.45) is -0.966. The Morgan fingerprint density at radius 1 is 1.25 bits per heavy atom. The van der Waals surface area contributed by atoms with E-state index in [0.29, 0.717) is 0 Å². The van der Waals surface area contributed by atoms with Crippen molar-refractivity contribution >= 4 is 22.2 Å². The highest BCUT2D eigenvalue weighted by molar-refractivity contribution is 7.90. The molecule has 0 saturated carbocycles. The van der Waals surface area contributed by atoms with Crippen molar-refractivity contribution in [1.82, 2.24) is 10.0 Å². The fourth-order valence-electron chi connectivity index (χ4n) is 1.66. The van der Waals surface area contributed by atoms with Crippen LogP contribution in [0.25, 0.3) is 0 Å². The summed E-state index contributed by atoms with van der Waals surface area (Å²) in [7, 11) is -2.79. The van der Waals surface area contributed by atoms with E-state index in [1.165, 1.54) is 25.3 Å². The average molecular weight is 356 g/mol. The van der Waals surface area contributed by atoms with Crippen LogP contribution in [0.3, 0.4) is 0 Å². The Balaban J connectivity index is 2.58.